The normalized spacial score (nSPS) is 15.3. The van der Waals surface area contributed by atoms with Gasteiger partial charge < -0.3 is 68.9 Å². The Balaban J connectivity index is 1.44. The van der Waals surface area contributed by atoms with Crippen molar-refractivity contribution >= 4 is 41.8 Å². The summed E-state index contributed by atoms with van der Waals surface area (Å²) in [6.07, 6.45) is -3.68. The van der Waals surface area contributed by atoms with Gasteiger partial charge in [-0.2, -0.15) is 0 Å². The van der Waals surface area contributed by atoms with Gasteiger partial charge in [0, 0.05) is 0 Å². The highest BCUT2D eigenvalue weighted by atomic mass is 16.6. The second kappa shape index (κ2) is 28.3. The molecule has 0 fully saturated rings. The summed E-state index contributed by atoms with van der Waals surface area (Å²) < 4.78 is 42.2. The van der Waals surface area contributed by atoms with Gasteiger partial charge in [-0.05, 0) is 270 Å². The number of benzene rings is 7. The fourth-order valence-corrected chi connectivity index (χ4v) is 12.0. The maximum absolute atomic E-state index is 15.9. The predicted octanol–water partition coefficient (Wildman–Crippen LogP) is 13.0. The number of esters is 7. The van der Waals surface area contributed by atoms with E-state index in [-0.39, 0.29) is 86.9 Å². The maximum Gasteiger partial charge on any atom is 0.317 e. The van der Waals surface area contributed by atoms with E-state index in [1.54, 1.807) is 6.92 Å². The monoisotopic (exact) mass is 1280 g/mol. The number of phenolic OH excluding ortho intramolecular Hbond substituents is 7. The summed E-state index contributed by atoms with van der Waals surface area (Å²) in [5, 5.41) is 71.4. The minimum absolute atomic E-state index is 0.0120. The van der Waals surface area contributed by atoms with Crippen molar-refractivity contribution in [2.24, 2.45) is 37.9 Å². The van der Waals surface area contributed by atoms with Crippen molar-refractivity contribution in [2.45, 2.75) is 107 Å². The lowest BCUT2D eigenvalue weighted by atomic mass is 9.57. The van der Waals surface area contributed by atoms with Crippen LogP contribution in [0.15, 0.2) is 170 Å². The standard InChI is InChI=1S/C72H76O21/c1-10-67(4,60(81)88-53-27-13-46(74)14-28-53)40-69(6,62(83)90-55-31-17-48(76)18-32-55)42-71(8,64(85)92-57-35-21-50(78)22-36-57)44-72(9,65(86)93-58-37-23-51(79)24-38-58)43-70(7,63(84)91-56-33-19-49(77)20-34-56)41-68(5,61(82)89-54-29-15-47(75)16-30-54)39-66(2,3)59(80)87-52-25-11-45(73)12-26-52/h11-38,73-79H,10,39-44H2,1-9H3. The molecule has 0 amide bonds. The van der Waals surface area contributed by atoms with Gasteiger partial charge in [-0.15, -0.1) is 0 Å². The summed E-state index contributed by atoms with van der Waals surface area (Å²) in [6, 6.07) is 36.1. The lowest BCUT2D eigenvalue weighted by Crippen LogP contribution is -2.52. The summed E-state index contributed by atoms with van der Waals surface area (Å²) in [6.45, 7) is 13.2. The van der Waals surface area contributed by atoms with Crippen molar-refractivity contribution in [1.29, 1.82) is 0 Å². The Bertz CT molecular complexity index is 3790. The number of phenols is 7. The van der Waals surface area contributed by atoms with Crippen LogP contribution in [0.5, 0.6) is 80.5 Å². The van der Waals surface area contributed by atoms with Gasteiger partial charge in [-0.3, -0.25) is 33.6 Å². The molecular weight excluding hydrogens is 1200 g/mol. The van der Waals surface area contributed by atoms with Crippen LogP contribution in [0.2, 0.25) is 0 Å². The zero-order valence-electron chi connectivity index (χ0n) is 53.0. The van der Waals surface area contributed by atoms with Crippen molar-refractivity contribution in [3.8, 4) is 80.5 Å². The second-order valence-corrected chi connectivity index (χ2v) is 25.8. The lowest BCUT2D eigenvalue weighted by Gasteiger charge is -2.46. The predicted molar refractivity (Wildman–Crippen MR) is 337 cm³/mol. The Hall–Kier alpha value is -10.6. The smallest absolute Gasteiger partial charge is 0.317 e. The first-order valence-corrected chi connectivity index (χ1v) is 29.7. The molecule has 93 heavy (non-hydrogen) atoms. The Morgan fingerprint density at radius 1 is 0.237 bits per heavy atom. The zero-order chi connectivity index (χ0) is 68.3. The Labute approximate surface area is 537 Å². The van der Waals surface area contributed by atoms with Crippen LogP contribution < -0.4 is 33.2 Å². The van der Waals surface area contributed by atoms with Gasteiger partial charge in [-0.25, -0.2) is 0 Å². The first kappa shape index (κ1) is 69.9. The summed E-state index contributed by atoms with van der Waals surface area (Å²) in [5.41, 5.74) is -13.9. The van der Waals surface area contributed by atoms with E-state index < -0.39 is 118 Å². The van der Waals surface area contributed by atoms with Crippen LogP contribution in [-0.2, 0) is 33.6 Å². The van der Waals surface area contributed by atoms with E-state index in [2.05, 4.69) is 0 Å². The molecule has 6 atom stereocenters. The molecule has 0 aliphatic heterocycles. The molecule has 0 aliphatic rings. The summed E-state index contributed by atoms with van der Waals surface area (Å²) in [4.78, 5) is 107. The van der Waals surface area contributed by atoms with E-state index in [9.17, 15) is 45.3 Å². The van der Waals surface area contributed by atoms with Crippen LogP contribution in [0.4, 0.5) is 0 Å². The van der Waals surface area contributed by atoms with Gasteiger partial charge in [0.15, 0.2) is 0 Å². The highest BCUT2D eigenvalue weighted by Gasteiger charge is 2.59. The van der Waals surface area contributed by atoms with Crippen molar-refractivity contribution in [3.63, 3.8) is 0 Å². The highest BCUT2D eigenvalue weighted by molar-refractivity contribution is 5.89. The van der Waals surface area contributed by atoms with E-state index in [4.69, 9.17) is 33.2 Å². The van der Waals surface area contributed by atoms with Crippen LogP contribution in [0.3, 0.4) is 0 Å². The molecule has 0 aliphatic carbocycles. The highest BCUT2D eigenvalue weighted by Crippen LogP contribution is 2.55. The summed E-state index contributed by atoms with van der Waals surface area (Å²) in [7, 11) is 0. The molecule has 0 saturated carbocycles. The molecular formula is C72H76O21. The first-order valence-electron chi connectivity index (χ1n) is 29.7. The van der Waals surface area contributed by atoms with Crippen LogP contribution in [0, 0.1) is 37.9 Å². The number of rotatable bonds is 27. The van der Waals surface area contributed by atoms with E-state index in [0.29, 0.717) is 0 Å². The average molecular weight is 1280 g/mol. The molecule has 0 radical (unpaired) electrons. The molecule has 0 spiro atoms. The number of aromatic hydroxyl groups is 7. The summed E-state index contributed by atoms with van der Waals surface area (Å²) in [5.74, 6) is -8.62. The number of hydrogen-bond donors (Lipinski definition) is 7. The zero-order valence-corrected chi connectivity index (χ0v) is 53.0. The number of carbonyl (C=O) groups excluding carboxylic acids is 7. The van der Waals surface area contributed by atoms with Crippen LogP contribution in [0.1, 0.15) is 107 Å². The number of carbonyl (C=O) groups is 7. The molecule has 6 unspecified atom stereocenters. The molecule has 7 N–H and O–H groups in total. The average Bonchev–Trinajstić information content (AvgIpc) is 0.759. The molecule has 7 rings (SSSR count). The first-order chi connectivity index (χ1) is 43.6. The second-order valence-electron chi connectivity index (χ2n) is 25.8. The molecule has 0 aromatic heterocycles. The maximum atomic E-state index is 15.9. The quantitative estimate of drug-likeness (QED) is 0.0186. The molecule has 7 aromatic carbocycles. The van der Waals surface area contributed by atoms with Crippen molar-refractivity contribution < 1.29 is 102 Å². The van der Waals surface area contributed by atoms with Crippen LogP contribution in [-0.4, -0.2) is 77.5 Å². The minimum Gasteiger partial charge on any atom is -0.508 e. The topological polar surface area (TPSA) is 326 Å². The Kier molecular flexibility index (Phi) is 21.3. The van der Waals surface area contributed by atoms with Crippen LogP contribution >= 0.6 is 0 Å². The fraction of sp³-hybridized carbons (Fsp3) is 0.319. The molecule has 7 aromatic rings. The van der Waals surface area contributed by atoms with Crippen molar-refractivity contribution in [3.05, 3.63) is 170 Å². The third-order valence-electron chi connectivity index (χ3n) is 16.4. The molecule has 0 heterocycles. The van der Waals surface area contributed by atoms with E-state index in [1.165, 1.54) is 225 Å². The van der Waals surface area contributed by atoms with Gasteiger partial charge in [0.1, 0.15) is 80.5 Å². The van der Waals surface area contributed by atoms with E-state index in [0.717, 1.165) is 0 Å². The van der Waals surface area contributed by atoms with Crippen LogP contribution in [0.25, 0.3) is 0 Å². The molecule has 490 valence electrons. The SMILES string of the molecule is CCC(C)(CC(C)(CC(C)(CC(C)(CC(C)(CC(C)(CC(C)(C)C(=O)Oc1ccc(O)cc1)C(=O)Oc1ccc(O)cc1)C(=O)Oc1ccc(O)cc1)C(=O)Oc1ccc(O)cc1)C(=O)Oc1ccc(O)cc1)C(=O)Oc1ccc(O)cc1)C(=O)Oc1ccc(O)cc1. The molecule has 21 nitrogen and oxygen atoms in total. The molecule has 21 heteroatoms. The van der Waals surface area contributed by atoms with Gasteiger partial charge in [0.05, 0.1) is 37.9 Å². The number of ether oxygens (including phenoxy) is 7. The Morgan fingerprint density at radius 2 is 0.376 bits per heavy atom. The lowest BCUT2D eigenvalue weighted by molar-refractivity contribution is -0.165. The third kappa shape index (κ3) is 18.1. The number of hydrogen-bond acceptors (Lipinski definition) is 21. The Morgan fingerprint density at radius 3 is 0.548 bits per heavy atom. The van der Waals surface area contributed by atoms with Gasteiger partial charge in [0.25, 0.3) is 0 Å². The molecule has 0 bridgehead atoms. The van der Waals surface area contributed by atoms with E-state index >= 15 is 24.0 Å². The van der Waals surface area contributed by atoms with Crippen molar-refractivity contribution in [1.82, 2.24) is 0 Å². The van der Waals surface area contributed by atoms with E-state index in [1.807, 2.05) is 0 Å². The minimum atomic E-state index is -2.24. The largest absolute Gasteiger partial charge is 0.508 e. The van der Waals surface area contributed by atoms with Crippen molar-refractivity contribution in [2.75, 3.05) is 0 Å². The van der Waals surface area contributed by atoms with Gasteiger partial charge in [-0.1, -0.05) is 6.92 Å². The van der Waals surface area contributed by atoms with Gasteiger partial charge in [0.2, 0.25) is 0 Å². The summed E-state index contributed by atoms with van der Waals surface area (Å²) >= 11 is 0. The molecule has 0 saturated heterocycles. The fourth-order valence-electron chi connectivity index (χ4n) is 12.0. The third-order valence-corrected chi connectivity index (χ3v) is 16.4. The van der Waals surface area contributed by atoms with Gasteiger partial charge >= 0.3 is 41.8 Å².